The van der Waals surface area contributed by atoms with E-state index in [1.54, 1.807) is 23.1 Å². The minimum absolute atomic E-state index is 1.14. The van der Waals surface area contributed by atoms with Crippen LogP contribution < -0.4 is 0 Å². The van der Waals surface area contributed by atoms with Gasteiger partial charge in [-0.15, -0.1) is 23.1 Å². The summed E-state index contributed by atoms with van der Waals surface area (Å²) >= 11 is 3.56. The third-order valence-corrected chi connectivity index (χ3v) is 4.24. The van der Waals surface area contributed by atoms with Crippen molar-refractivity contribution in [2.24, 2.45) is 0 Å². The SMILES string of the molecule is CSc1cc2cc(C)c(C)nc2s1. The first-order chi connectivity index (χ1) is 6.20. The summed E-state index contributed by atoms with van der Waals surface area (Å²) in [4.78, 5) is 5.71. The normalized spacial score (nSPS) is 11.0. The fourth-order valence-electron chi connectivity index (χ4n) is 1.24. The second kappa shape index (κ2) is 3.31. The number of aryl methyl sites for hydroxylation is 2. The summed E-state index contributed by atoms with van der Waals surface area (Å²) < 4.78 is 1.34. The Kier molecular flexibility index (Phi) is 2.30. The maximum Gasteiger partial charge on any atom is 0.124 e. The lowest BCUT2D eigenvalue weighted by Gasteiger charge is -1.96. The zero-order valence-electron chi connectivity index (χ0n) is 7.92. The van der Waals surface area contributed by atoms with Crippen molar-refractivity contribution in [3.8, 4) is 0 Å². The van der Waals surface area contributed by atoms with Crippen molar-refractivity contribution in [2.75, 3.05) is 6.26 Å². The first kappa shape index (κ1) is 9.03. The van der Waals surface area contributed by atoms with Crippen LogP contribution in [-0.2, 0) is 0 Å². The number of hydrogen-bond donors (Lipinski definition) is 0. The highest BCUT2D eigenvalue weighted by molar-refractivity contribution is 8.00. The molecule has 0 N–H and O–H groups in total. The van der Waals surface area contributed by atoms with E-state index in [1.165, 1.54) is 15.2 Å². The molecule has 3 heteroatoms. The Balaban J connectivity index is 2.70. The molecule has 2 rings (SSSR count). The Morgan fingerprint density at radius 3 is 2.77 bits per heavy atom. The fraction of sp³-hybridized carbons (Fsp3) is 0.300. The summed E-state index contributed by atoms with van der Waals surface area (Å²) in [6, 6.07) is 4.43. The minimum Gasteiger partial charge on any atom is -0.242 e. The number of pyridine rings is 1. The molecule has 0 spiro atoms. The maximum absolute atomic E-state index is 4.55. The topological polar surface area (TPSA) is 12.9 Å². The first-order valence-electron chi connectivity index (χ1n) is 4.12. The van der Waals surface area contributed by atoms with E-state index in [2.05, 4.69) is 37.2 Å². The molecule has 68 valence electrons. The van der Waals surface area contributed by atoms with Crippen molar-refractivity contribution in [1.82, 2.24) is 4.98 Å². The Bertz CT molecular complexity index is 406. The summed E-state index contributed by atoms with van der Waals surface area (Å²) in [6.45, 7) is 4.17. The number of fused-ring (bicyclic) bond motifs is 1. The van der Waals surface area contributed by atoms with Crippen LogP contribution >= 0.6 is 23.1 Å². The predicted octanol–water partition coefficient (Wildman–Crippen LogP) is 3.64. The molecule has 2 aromatic heterocycles. The molecule has 1 nitrogen and oxygen atoms in total. The van der Waals surface area contributed by atoms with E-state index < -0.39 is 0 Å². The van der Waals surface area contributed by atoms with Crippen LogP contribution in [0, 0.1) is 13.8 Å². The van der Waals surface area contributed by atoms with Gasteiger partial charge in [-0.3, -0.25) is 0 Å². The van der Waals surface area contributed by atoms with Crippen LogP contribution in [0.1, 0.15) is 11.3 Å². The standard InChI is InChI=1S/C10H11NS2/c1-6-4-8-5-9(12-3)13-10(8)11-7(6)2/h4-5H,1-3H3. The van der Waals surface area contributed by atoms with Crippen LogP contribution in [0.4, 0.5) is 0 Å². The van der Waals surface area contributed by atoms with Crippen LogP contribution in [0.25, 0.3) is 10.2 Å². The number of thiophene rings is 1. The van der Waals surface area contributed by atoms with Crippen molar-refractivity contribution >= 4 is 33.3 Å². The van der Waals surface area contributed by atoms with Gasteiger partial charge in [0.15, 0.2) is 0 Å². The molecule has 2 aromatic rings. The van der Waals surface area contributed by atoms with Crippen LogP contribution in [0.3, 0.4) is 0 Å². The highest BCUT2D eigenvalue weighted by atomic mass is 32.2. The Hall–Kier alpha value is -0.540. The van der Waals surface area contributed by atoms with Crippen molar-refractivity contribution < 1.29 is 0 Å². The molecule has 0 aliphatic rings. The second-order valence-corrected chi connectivity index (χ2v) is 5.19. The van der Waals surface area contributed by atoms with Gasteiger partial charge in [-0.2, -0.15) is 0 Å². The van der Waals surface area contributed by atoms with E-state index in [9.17, 15) is 0 Å². The van der Waals surface area contributed by atoms with E-state index >= 15 is 0 Å². The molecular weight excluding hydrogens is 198 g/mol. The lowest BCUT2D eigenvalue weighted by atomic mass is 10.2. The monoisotopic (exact) mass is 209 g/mol. The Labute approximate surface area is 86.2 Å². The zero-order valence-corrected chi connectivity index (χ0v) is 9.55. The Morgan fingerprint density at radius 2 is 2.08 bits per heavy atom. The van der Waals surface area contributed by atoms with Crippen molar-refractivity contribution in [3.63, 3.8) is 0 Å². The van der Waals surface area contributed by atoms with Crippen LogP contribution in [-0.4, -0.2) is 11.2 Å². The quantitative estimate of drug-likeness (QED) is 0.665. The van der Waals surface area contributed by atoms with Gasteiger partial charge < -0.3 is 0 Å². The predicted molar refractivity (Wildman–Crippen MR) is 60.9 cm³/mol. The second-order valence-electron chi connectivity index (χ2n) is 3.05. The number of nitrogens with zero attached hydrogens (tertiary/aromatic N) is 1. The van der Waals surface area contributed by atoms with Gasteiger partial charge in [0.05, 0.1) is 4.21 Å². The van der Waals surface area contributed by atoms with Crippen LogP contribution in [0.5, 0.6) is 0 Å². The third-order valence-electron chi connectivity index (χ3n) is 2.13. The van der Waals surface area contributed by atoms with Gasteiger partial charge in [0.25, 0.3) is 0 Å². The number of thioether (sulfide) groups is 1. The lowest BCUT2D eigenvalue weighted by Crippen LogP contribution is -1.84. The molecule has 0 unspecified atom stereocenters. The van der Waals surface area contributed by atoms with Crippen LogP contribution in [0.2, 0.25) is 0 Å². The molecule has 0 fully saturated rings. The first-order valence-corrected chi connectivity index (χ1v) is 6.16. The molecule has 0 saturated heterocycles. The molecular formula is C10H11NS2. The van der Waals surface area contributed by atoms with E-state index in [4.69, 9.17) is 0 Å². The average molecular weight is 209 g/mol. The van der Waals surface area contributed by atoms with E-state index in [0.29, 0.717) is 0 Å². The van der Waals surface area contributed by atoms with Crippen molar-refractivity contribution in [1.29, 1.82) is 0 Å². The summed E-state index contributed by atoms with van der Waals surface area (Å²) in [6.07, 6.45) is 2.10. The molecule has 0 atom stereocenters. The van der Waals surface area contributed by atoms with Gasteiger partial charge in [0.1, 0.15) is 4.83 Å². The minimum atomic E-state index is 1.14. The maximum atomic E-state index is 4.55. The summed E-state index contributed by atoms with van der Waals surface area (Å²) in [5.41, 5.74) is 2.42. The van der Waals surface area contributed by atoms with Gasteiger partial charge in [-0.1, -0.05) is 0 Å². The van der Waals surface area contributed by atoms with Gasteiger partial charge in [-0.25, -0.2) is 4.98 Å². The lowest BCUT2D eigenvalue weighted by molar-refractivity contribution is 1.21. The largest absolute Gasteiger partial charge is 0.242 e. The zero-order chi connectivity index (χ0) is 9.42. The molecule has 13 heavy (non-hydrogen) atoms. The van der Waals surface area contributed by atoms with E-state index in [1.807, 2.05) is 0 Å². The summed E-state index contributed by atoms with van der Waals surface area (Å²) in [5, 5.41) is 1.28. The molecule has 0 aromatic carbocycles. The smallest absolute Gasteiger partial charge is 0.124 e. The molecule has 0 aliphatic heterocycles. The molecule has 2 heterocycles. The van der Waals surface area contributed by atoms with Crippen molar-refractivity contribution in [2.45, 2.75) is 18.1 Å². The molecule has 0 aliphatic carbocycles. The highest BCUT2D eigenvalue weighted by Gasteiger charge is 2.03. The van der Waals surface area contributed by atoms with Gasteiger partial charge >= 0.3 is 0 Å². The third kappa shape index (κ3) is 1.58. The highest BCUT2D eigenvalue weighted by Crippen LogP contribution is 2.31. The molecule has 0 radical (unpaired) electrons. The average Bonchev–Trinajstić information content (AvgIpc) is 2.48. The number of rotatable bonds is 1. The van der Waals surface area contributed by atoms with E-state index in [0.717, 1.165) is 10.5 Å². The van der Waals surface area contributed by atoms with Crippen molar-refractivity contribution in [3.05, 3.63) is 23.4 Å². The molecule has 0 amide bonds. The number of hydrogen-bond acceptors (Lipinski definition) is 3. The van der Waals surface area contributed by atoms with Gasteiger partial charge in [0, 0.05) is 11.1 Å². The van der Waals surface area contributed by atoms with E-state index in [-0.39, 0.29) is 0 Å². The summed E-state index contributed by atoms with van der Waals surface area (Å²) in [7, 11) is 0. The van der Waals surface area contributed by atoms with Crippen LogP contribution in [0.15, 0.2) is 16.3 Å². The fourth-order valence-corrected chi connectivity index (χ4v) is 2.85. The molecule has 0 saturated carbocycles. The molecule has 0 bridgehead atoms. The van der Waals surface area contributed by atoms with Gasteiger partial charge in [0.2, 0.25) is 0 Å². The van der Waals surface area contributed by atoms with Gasteiger partial charge in [-0.05, 0) is 37.8 Å². The Morgan fingerprint density at radius 1 is 1.31 bits per heavy atom. The summed E-state index contributed by atoms with van der Waals surface area (Å²) in [5.74, 6) is 0. The number of aromatic nitrogens is 1.